The van der Waals surface area contributed by atoms with Gasteiger partial charge in [0.15, 0.2) is 9.84 Å². The summed E-state index contributed by atoms with van der Waals surface area (Å²) in [6.45, 7) is -1.36. The second-order valence-corrected chi connectivity index (χ2v) is 8.22. The molecule has 0 atom stereocenters. The van der Waals surface area contributed by atoms with Crippen LogP contribution in [0.5, 0.6) is 0 Å². The molecule has 0 spiro atoms. The number of sulfone groups is 1. The molecule has 1 aromatic carbocycles. The molecule has 1 fully saturated rings. The van der Waals surface area contributed by atoms with Crippen LogP contribution < -0.4 is 0 Å². The van der Waals surface area contributed by atoms with Crippen LogP contribution >= 0.6 is 0 Å². The van der Waals surface area contributed by atoms with Crippen LogP contribution in [0, 0.1) is 0 Å². The molecule has 0 aliphatic carbocycles. The molecule has 1 aromatic rings. The van der Waals surface area contributed by atoms with E-state index in [1.807, 2.05) is 0 Å². The third-order valence-electron chi connectivity index (χ3n) is 4.26. The van der Waals surface area contributed by atoms with E-state index in [1.54, 1.807) is 6.07 Å². The summed E-state index contributed by atoms with van der Waals surface area (Å²) in [5.41, 5.74) is 0. The number of nitrogens with zero attached hydrogens (tertiary/aromatic N) is 1. The number of amides is 1. The summed E-state index contributed by atoms with van der Waals surface area (Å²) in [5, 5.41) is -1.07. The van der Waals surface area contributed by atoms with Crippen molar-refractivity contribution in [2.45, 2.75) is 41.0 Å². The number of carbonyl (C=O) groups excluding carboxylic acids is 1. The SMILES string of the molecule is O=C(N1CCC(S(=O)(=O)c2ccccc2)CC1)C(F)(F)C(F)(F)C(F)(F)F. The summed E-state index contributed by atoms with van der Waals surface area (Å²) in [6, 6.07) is 7.12. The Labute approximate surface area is 149 Å². The second kappa shape index (κ2) is 6.95. The molecule has 1 heterocycles. The van der Waals surface area contributed by atoms with E-state index in [-0.39, 0.29) is 22.6 Å². The lowest BCUT2D eigenvalue weighted by molar-refractivity contribution is -0.346. The summed E-state index contributed by atoms with van der Waals surface area (Å²) in [4.78, 5) is 11.7. The van der Waals surface area contributed by atoms with Crippen molar-refractivity contribution in [2.24, 2.45) is 0 Å². The molecule has 1 saturated heterocycles. The fraction of sp³-hybridized carbons (Fsp3) is 0.533. The molecule has 0 aromatic heterocycles. The topological polar surface area (TPSA) is 54.5 Å². The number of hydrogen-bond donors (Lipinski definition) is 0. The first-order valence-electron chi connectivity index (χ1n) is 7.63. The monoisotopic (exact) mass is 421 g/mol. The van der Waals surface area contributed by atoms with Crippen molar-refractivity contribution in [3.05, 3.63) is 30.3 Å². The lowest BCUT2D eigenvalue weighted by Gasteiger charge is -2.36. The molecule has 2 rings (SSSR count). The van der Waals surface area contributed by atoms with Gasteiger partial charge in [-0.2, -0.15) is 30.7 Å². The van der Waals surface area contributed by atoms with Gasteiger partial charge < -0.3 is 4.90 Å². The van der Waals surface area contributed by atoms with Gasteiger partial charge in [-0.05, 0) is 25.0 Å². The van der Waals surface area contributed by atoms with Gasteiger partial charge in [-0.25, -0.2) is 8.42 Å². The molecule has 27 heavy (non-hydrogen) atoms. The van der Waals surface area contributed by atoms with Gasteiger partial charge in [0, 0.05) is 13.1 Å². The molecule has 152 valence electrons. The van der Waals surface area contributed by atoms with Crippen LogP contribution in [-0.4, -0.2) is 55.6 Å². The van der Waals surface area contributed by atoms with Crippen LogP contribution in [0.25, 0.3) is 0 Å². The number of benzene rings is 1. The highest BCUT2D eigenvalue weighted by molar-refractivity contribution is 7.92. The zero-order valence-electron chi connectivity index (χ0n) is 13.5. The Morgan fingerprint density at radius 1 is 0.926 bits per heavy atom. The Morgan fingerprint density at radius 2 is 1.41 bits per heavy atom. The highest BCUT2D eigenvalue weighted by Crippen LogP contribution is 2.47. The Morgan fingerprint density at radius 3 is 1.85 bits per heavy atom. The first kappa shape index (κ1) is 21.5. The van der Waals surface area contributed by atoms with Crippen LogP contribution in [-0.2, 0) is 14.6 Å². The Kier molecular flexibility index (Phi) is 5.52. The van der Waals surface area contributed by atoms with E-state index in [9.17, 15) is 43.9 Å². The molecule has 0 unspecified atom stereocenters. The Balaban J connectivity index is 2.13. The van der Waals surface area contributed by atoms with Crippen LogP contribution in [0.3, 0.4) is 0 Å². The second-order valence-electron chi connectivity index (χ2n) is 6.00. The van der Waals surface area contributed by atoms with Gasteiger partial charge in [-0.1, -0.05) is 18.2 Å². The minimum atomic E-state index is -6.61. The molecule has 0 radical (unpaired) electrons. The van der Waals surface area contributed by atoms with E-state index >= 15 is 0 Å². The summed E-state index contributed by atoms with van der Waals surface area (Å²) >= 11 is 0. The highest BCUT2D eigenvalue weighted by Gasteiger charge is 2.76. The minimum Gasteiger partial charge on any atom is -0.337 e. The van der Waals surface area contributed by atoms with Gasteiger partial charge >= 0.3 is 18.0 Å². The fourth-order valence-corrected chi connectivity index (χ4v) is 4.44. The van der Waals surface area contributed by atoms with Gasteiger partial charge in [-0.3, -0.25) is 4.79 Å². The number of hydrogen-bond acceptors (Lipinski definition) is 3. The molecule has 1 amide bonds. The largest absolute Gasteiger partial charge is 0.460 e. The standard InChI is InChI=1S/C15H14F7NO3S/c16-13(17,14(18,19)15(20,21)22)12(24)23-8-6-11(7-9-23)27(25,26)10-4-2-1-3-5-10/h1-5,11H,6-9H2. The molecule has 4 nitrogen and oxygen atoms in total. The average Bonchev–Trinajstić information content (AvgIpc) is 2.60. The predicted molar refractivity (Wildman–Crippen MR) is 79.2 cm³/mol. The van der Waals surface area contributed by atoms with Gasteiger partial charge in [0.1, 0.15) is 0 Å². The van der Waals surface area contributed by atoms with E-state index < -0.39 is 52.1 Å². The van der Waals surface area contributed by atoms with Crippen molar-refractivity contribution in [3.8, 4) is 0 Å². The molecule has 0 N–H and O–H groups in total. The lowest BCUT2D eigenvalue weighted by atomic mass is 10.1. The van der Waals surface area contributed by atoms with Crippen LogP contribution in [0.4, 0.5) is 30.7 Å². The first-order valence-corrected chi connectivity index (χ1v) is 9.18. The average molecular weight is 421 g/mol. The molecule has 1 aliphatic heterocycles. The molecule has 12 heteroatoms. The van der Waals surface area contributed by atoms with E-state index in [0.29, 0.717) is 0 Å². The van der Waals surface area contributed by atoms with Crippen molar-refractivity contribution in [3.63, 3.8) is 0 Å². The van der Waals surface area contributed by atoms with Crippen molar-refractivity contribution in [2.75, 3.05) is 13.1 Å². The summed E-state index contributed by atoms with van der Waals surface area (Å²) in [5.74, 6) is -15.2. The predicted octanol–water partition coefficient (Wildman–Crippen LogP) is 3.28. The number of halogens is 7. The van der Waals surface area contributed by atoms with Crippen LogP contribution in [0.15, 0.2) is 35.2 Å². The smallest absolute Gasteiger partial charge is 0.337 e. The lowest BCUT2D eigenvalue weighted by Crippen LogP contribution is -2.61. The van der Waals surface area contributed by atoms with Gasteiger partial charge in [0.25, 0.3) is 5.91 Å². The van der Waals surface area contributed by atoms with Gasteiger partial charge in [0.2, 0.25) is 0 Å². The van der Waals surface area contributed by atoms with Gasteiger partial charge in [0.05, 0.1) is 10.1 Å². The number of carbonyl (C=O) groups is 1. The Hall–Kier alpha value is -1.85. The van der Waals surface area contributed by atoms with E-state index in [0.717, 1.165) is 0 Å². The van der Waals surface area contributed by atoms with Crippen molar-refractivity contribution < 1.29 is 43.9 Å². The maximum Gasteiger partial charge on any atom is 0.460 e. The Bertz CT molecular complexity index is 785. The number of rotatable bonds is 4. The van der Waals surface area contributed by atoms with E-state index in [4.69, 9.17) is 0 Å². The summed E-state index contributed by atoms with van der Waals surface area (Å²) in [6.07, 6.45) is -7.34. The minimum absolute atomic E-state index is 0.0382. The quantitative estimate of drug-likeness (QED) is 0.702. The fourth-order valence-electron chi connectivity index (χ4n) is 2.68. The summed E-state index contributed by atoms with van der Waals surface area (Å²) < 4.78 is 114. The van der Waals surface area contributed by atoms with Crippen LogP contribution in [0.2, 0.25) is 0 Å². The number of alkyl halides is 7. The molecule has 0 saturated carbocycles. The maximum absolute atomic E-state index is 13.5. The number of piperidine rings is 1. The molecule has 1 aliphatic rings. The van der Waals surface area contributed by atoms with E-state index in [1.165, 1.54) is 24.3 Å². The third-order valence-corrected chi connectivity index (χ3v) is 6.54. The maximum atomic E-state index is 13.5. The van der Waals surface area contributed by atoms with Crippen molar-refractivity contribution >= 4 is 15.7 Å². The zero-order valence-corrected chi connectivity index (χ0v) is 14.3. The van der Waals surface area contributed by atoms with Gasteiger partial charge in [-0.15, -0.1) is 0 Å². The van der Waals surface area contributed by atoms with Crippen molar-refractivity contribution in [1.29, 1.82) is 0 Å². The molecule has 0 bridgehead atoms. The zero-order chi connectivity index (χ0) is 20.7. The third kappa shape index (κ3) is 3.76. The molecular formula is C15H14F7NO3S. The molecular weight excluding hydrogens is 407 g/mol. The highest BCUT2D eigenvalue weighted by atomic mass is 32.2. The first-order chi connectivity index (χ1) is 12.2. The summed E-state index contributed by atoms with van der Waals surface area (Å²) in [7, 11) is -3.85. The normalized spacial score (nSPS) is 17.8. The van der Waals surface area contributed by atoms with E-state index in [2.05, 4.69) is 0 Å². The number of likely N-dealkylation sites (tertiary alicyclic amines) is 1. The van der Waals surface area contributed by atoms with Crippen LogP contribution in [0.1, 0.15) is 12.8 Å². The van der Waals surface area contributed by atoms with Crippen molar-refractivity contribution in [1.82, 2.24) is 4.90 Å².